The molecule has 0 spiro atoms. The molecule has 0 amide bonds. The maximum atomic E-state index is 9.80. The molecule has 1 aromatic rings. The minimum Gasteiger partial charge on any atom is -0.423 e. The summed E-state index contributed by atoms with van der Waals surface area (Å²) in [6.45, 7) is 8.26. The van der Waals surface area contributed by atoms with Gasteiger partial charge in [0.25, 0.3) is 0 Å². The highest BCUT2D eigenvalue weighted by molar-refractivity contribution is 6.62. The minimum atomic E-state index is -0.770. The van der Waals surface area contributed by atoms with Crippen LogP contribution >= 0.6 is 0 Å². The van der Waals surface area contributed by atoms with Crippen LogP contribution in [0.5, 0.6) is 0 Å². The Morgan fingerprint density at radius 2 is 2.00 bits per heavy atom. The van der Waals surface area contributed by atoms with Gasteiger partial charge in [0.05, 0.1) is 5.60 Å². The average Bonchev–Trinajstić information content (AvgIpc) is 2.37. The van der Waals surface area contributed by atoms with Crippen LogP contribution in [0.4, 0.5) is 0 Å². The fourth-order valence-corrected chi connectivity index (χ4v) is 2.10. The van der Waals surface area contributed by atoms with Gasteiger partial charge in [0.15, 0.2) is 0 Å². The number of hydrogen-bond acceptors (Lipinski definition) is 2. The minimum absolute atomic E-state index is 0.371. The molecule has 0 saturated heterocycles. The summed E-state index contributed by atoms with van der Waals surface area (Å²) in [5, 5.41) is 9.80. The lowest BCUT2D eigenvalue weighted by Crippen LogP contribution is -2.28. The quantitative estimate of drug-likeness (QED) is 0.706. The second-order valence-electron chi connectivity index (χ2n) is 4.98. The fraction of sp³-hybridized carbons (Fsp3) is 0.500. The normalized spacial score (nSPS) is 18.4. The summed E-state index contributed by atoms with van der Waals surface area (Å²) in [5.41, 5.74) is 2.89. The SMILES string of the molecule is CC(C)c1ccc2c(c1)B(O)OC2(C)C. The average molecular weight is 204 g/mol. The molecular weight excluding hydrogens is 187 g/mol. The number of hydrogen-bond donors (Lipinski definition) is 1. The molecule has 0 atom stereocenters. The molecule has 1 N–H and O–H groups in total. The molecule has 15 heavy (non-hydrogen) atoms. The van der Waals surface area contributed by atoms with Crippen molar-refractivity contribution in [2.45, 2.75) is 39.2 Å². The molecule has 0 aromatic heterocycles. The zero-order chi connectivity index (χ0) is 11.2. The van der Waals surface area contributed by atoms with Gasteiger partial charge in [-0.2, -0.15) is 0 Å². The van der Waals surface area contributed by atoms with Crippen molar-refractivity contribution in [1.29, 1.82) is 0 Å². The Labute approximate surface area is 91.4 Å². The van der Waals surface area contributed by atoms with Crippen molar-refractivity contribution in [3.8, 4) is 0 Å². The predicted octanol–water partition coefficient (Wildman–Crippen LogP) is 1.76. The molecule has 0 bridgehead atoms. The van der Waals surface area contributed by atoms with E-state index in [0.717, 1.165) is 11.0 Å². The fourth-order valence-electron chi connectivity index (χ4n) is 2.10. The van der Waals surface area contributed by atoms with Gasteiger partial charge in [-0.3, -0.25) is 0 Å². The van der Waals surface area contributed by atoms with Gasteiger partial charge in [0.1, 0.15) is 0 Å². The lowest BCUT2D eigenvalue weighted by atomic mass is 9.76. The molecule has 0 saturated carbocycles. The van der Waals surface area contributed by atoms with Gasteiger partial charge >= 0.3 is 7.12 Å². The first-order valence-electron chi connectivity index (χ1n) is 5.42. The Morgan fingerprint density at radius 1 is 1.33 bits per heavy atom. The van der Waals surface area contributed by atoms with Crippen LogP contribution in [0.3, 0.4) is 0 Å². The molecule has 2 rings (SSSR count). The number of benzene rings is 1. The van der Waals surface area contributed by atoms with Crippen molar-refractivity contribution in [1.82, 2.24) is 0 Å². The van der Waals surface area contributed by atoms with Crippen molar-refractivity contribution >= 4 is 12.6 Å². The highest BCUT2D eigenvalue weighted by Crippen LogP contribution is 2.30. The Morgan fingerprint density at radius 3 is 2.60 bits per heavy atom. The van der Waals surface area contributed by atoms with E-state index in [1.165, 1.54) is 5.56 Å². The van der Waals surface area contributed by atoms with E-state index in [1.807, 2.05) is 13.8 Å². The van der Waals surface area contributed by atoms with Gasteiger partial charge < -0.3 is 9.68 Å². The monoisotopic (exact) mass is 204 g/mol. The van der Waals surface area contributed by atoms with Crippen LogP contribution in [0.15, 0.2) is 18.2 Å². The molecule has 3 heteroatoms. The van der Waals surface area contributed by atoms with Crippen molar-refractivity contribution in [3.63, 3.8) is 0 Å². The molecule has 0 aliphatic carbocycles. The van der Waals surface area contributed by atoms with Gasteiger partial charge in [-0.15, -0.1) is 0 Å². The summed E-state index contributed by atoms with van der Waals surface area (Å²) < 4.78 is 5.51. The smallest absolute Gasteiger partial charge is 0.423 e. The first kappa shape index (κ1) is 10.7. The Bertz CT molecular complexity index is 385. The van der Waals surface area contributed by atoms with E-state index in [4.69, 9.17) is 4.65 Å². The summed E-state index contributed by atoms with van der Waals surface area (Å²) in [5.74, 6) is 0.478. The third kappa shape index (κ3) is 1.70. The van der Waals surface area contributed by atoms with E-state index < -0.39 is 7.12 Å². The highest BCUT2D eigenvalue weighted by Gasteiger charge is 2.40. The standard InChI is InChI=1S/C12H17BO2/c1-8(2)9-5-6-10-11(7-9)13(14)15-12(10,3)4/h5-8,14H,1-4H3. The lowest BCUT2D eigenvalue weighted by Gasteiger charge is -2.19. The van der Waals surface area contributed by atoms with Gasteiger partial charge in [0.2, 0.25) is 0 Å². The molecule has 2 nitrogen and oxygen atoms in total. The van der Waals surface area contributed by atoms with Crippen LogP contribution in [0.25, 0.3) is 0 Å². The summed E-state index contributed by atoms with van der Waals surface area (Å²) in [6, 6.07) is 6.24. The molecule has 1 aromatic carbocycles. The van der Waals surface area contributed by atoms with Crippen molar-refractivity contribution in [3.05, 3.63) is 29.3 Å². The van der Waals surface area contributed by atoms with E-state index in [0.29, 0.717) is 5.92 Å². The van der Waals surface area contributed by atoms with E-state index in [2.05, 4.69) is 32.0 Å². The topological polar surface area (TPSA) is 29.5 Å². The molecule has 0 radical (unpaired) electrons. The van der Waals surface area contributed by atoms with Gasteiger partial charge in [-0.05, 0) is 36.4 Å². The maximum Gasteiger partial charge on any atom is 0.492 e. The first-order chi connectivity index (χ1) is 6.92. The molecule has 0 fully saturated rings. The van der Waals surface area contributed by atoms with Crippen LogP contribution < -0.4 is 5.46 Å². The van der Waals surface area contributed by atoms with E-state index in [9.17, 15) is 5.02 Å². The third-order valence-corrected chi connectivity index (χ3v) is 3.06. The van der Waals surface area contributed by atoms with Crippen molar-refractivity contribution < 1.29 is 9.68 Å². The second-order valence-corrected chi connectivity index (χ2v) is 4.98. The lowest BCUT2D eigenvalue weighted by molar-refractivity contribution is 0.101. The zero-order valence-electron chi connectivity index (χ0n) is 9.74. The van der Waals surface area contributed by atoms with E-state index in [1.54, 1.807) is 0 Å². The van der Waals surface area contributed by atoms with Crippen molar-refractivity contribution in [2.24, 2.45) is 0 Å². The number of rotatable bonds is 1. The number of fused-ring (bicyclic) bond motifs is 1. The predicted molar refractivity (Wildman–Crippen MR) is 62.2 cm³/mol. The maximum absolute atomic E-state index is 9.80. The van der Waals surface area contributed by atoms with Crippen LogP contribution in [-0.2, 0) is 10.3 Å². The second kappa shape index (κ2) is 3.36. The summed E-state index contributed by atoms with van der Waals surface area (Å²) in [6.07, 6.45) is 0. The molecule has 0 unspecified atom stereocenters. The van der Waals surface area contributed by atoms with Gasteiger partial charge in [0, 0.05) is 0 Å². The highest BCUT2D eigenvalue weighted by atomic mass is 16.5. The third-order valence-electron chi connectivity index (χ3n) is 3.06. The van der Waals surface area contributed by atoms with E-state index in [-0.39, 0.29) is 5.60 Å². The zero-order valence-corrected chi connectivity index (χ0v) is 9.74. The summed E-state index contributed by atoms with van der Waals surface area (Å²) >= 11 is 0. The molecular formula is C12H17BO2. The summed E-state index contributed by atoms with van der Waals surface area (Å²) in [4.78, 5) is 0. The molecule has 1 heterocycles. The largest absolute Gasteiger partial charge is 0.492 e. The molecule has 1 aliphatic heterocycles. The summed E-state index contributed by atoms with van der Waals surface area (Å²) in [7, 11) is -0.770. The van der Waals surface area contributed by atoms with Crippen LogP contribution in [0, 0.1) is 0 Å². The van der Waals surface area contributed by atoms with Crippen molar-refractivity contribution in [2.75, 3.05) is 0 Å². The first-order valence-corrected chi connectivity index (χ1v) is 5.42. The van der Waals surface area contributed by atoms with E-state index >= 15 is 0 Å². The van der Waals surface area contributed by atoms with Crippen LogP contribution in [0.2, 0.25) is 0 Å². The Kier molecular flexibility index (Phi) is 2.40. The van der Waals surface area contributed by atoms with Crippen LogP contribution in [0.1, 0.15) is 44.7 Å². The van der Waals surface area contributed by atoms with Gasteiger partial charge in [-0.25, -0.2) is 0 Å². The Balaban J connectivity index is 2.51. The molecule has 1 aliphatic rings. The van der Waals surface area contributed by atoms with Gasteiger partial charge in [-0.1, -0.05) is 32.0 Å². The Hall–Kier alpha value is -0.795. The molecule has 80 valence electrons. The van der Waals surface area contributed by atoms with Crippen LogP contribution in [-0.4, -0.2) is 12.1 Å².